The molecular formula is C12H22F3N4O2. The molecule has 1 radical (unpaired) electrons. The number of alkyl halides is 3. The highest BCUT2D eigenvalue weighted by atomic mass is 19.4. The number of carbonyl (C=O) groups is 2. The molecule has 9 heteroatoms. The fourth-order valence-corrected chi connectivity index (χ4v) is 1.51. The Morgan fingerprint density at radius 2 is 1.57 bits per heavy atom. The van der Waals surface area contributed by atoms with Gasteiger partial charge in [0.1, 0.15) is 0 Å². The van der Waals surface area contributed by atoms with Gasteiger partial charge >= 0.3 is 12.1 Å². The van der Waals surface area contributed by atoms with Crippen LogP contribution in [0.2, 0.25) is 0 Å². The predicted molar refractivity (Wildman–Crippen MR) is 70.3 cm³/mol. The SMILES string of the molecule is CC(C)CN([NH])CC(=O)N(CC(C)C)NC(=O)C(F)(F)F. The lowest BCUT2D eigenvalue weighted by atomic mass is 10.2. The standard InChI is InChI=1S/C12H22F3N4O2/c1-8(2)5-18(16)7-10(20)19(6-9(3)4)17-11(21)12(13,14)15/h8-9,16H,5-7H2,1-4H3,(H,17,21). The van der Waals surface area contributed by atoms with Crippen LogP contribution in [-0.2, 0) is 9.59 Å². The molecule has 0 unspecified atom stereocenters. The molecular weight excluding hydrogens is 289 g/mol. The number of hydrogen-bond donors (Lipinski definition) is 1. The van der Waals surface area contributed by atoms with Gasteiger partial charge in [-0.2, -0.15) is 19.0 Å². The summed E-state index contributed by atoms with van der Waals surface area (Å²) in [6.45, 7) is 6.96. The van der Waals surface area contributed by atoms with Gasteiger partial charge in [0, 0.05) is 13.1 Å². The van der Waals surface area contributed by atoms with E-state index in [2.05, 4.69) is 0 Å². The van der Waals surface area contributed by atoms with Crippen molar-refractivity contribution in [2.75, 3.05) is 19.6 Å². The van der Waals surface area contributed by atoms with Crippen molar-refractivity contribution in [2.45, 2.75) is 33.9 Å². The molecule has 0 aliphatic carbocycles. The van der Waals surface area contributed by atoms with E-state index in [0.717, 1.165) is 5.01 Å². The molecule has 0 atom stereocenters. The molecule has 0 aliphatic heterocycles. The molecule has 0 rings (SSSR count). The molecule has 2 amide bonds. The number of hydrogen-bond acceptors (Lipinski definition) is 3. The Kier molecular flexibility index (Phi) is 7.65. The zero-order chi connectivity index (χ0) is 16.8. The Morgan fingerprint density at radius 1 is 1.10 bits per heavy atom. The number of halogens is 3. The minimum atomic E-state index is -5.06. The van der Waals surface area contributed by atoms with E-state index in [4.69, 9.17) is 5.84 Å². The number of nitrogens with one attached hydrogen (secondary N) is 2. The summed E-state index contributed by atoms with van der Waals surface area (Å²) in [6.07, 6.45) is -5.06. The van der Waals surface area contributed by atoms with Gasteiger partial charge < -0.3 is 0 Å². The van der Waals surface area contributed by atoms with E-state index in [-0.39, 0.29) is 24.9 Å². The Bertz CT molecular complexity index is 359. The summed E-state index contributed by atoms with van der Waals surface area (Å²) in [6, 6.07) is 0. The maximum atomic E-state index is 12.2. The molecule has 21 heavy (non-hydrogen) atoms. The minimum absolute atomic E-state index is 0.0594. The van der Waals surface area contributed by atoms with Gasteiger partial charge in [-0.25, -0.2) is 5.01 Å². The first kappa shape index (κ1) is 19.7. The molecule has 6 nitrogen and oxygen atoms in total. The Morgan fingerprint density at radius 3 is 1.95 bits per heavy atom. The maximum Gasteiger partial charge on any atom is 0.472 e. The second kappa shape index (κ2) is 8.18. The number of rotatable bonds is 6. The molecule has 0 fully saturated rings. The average molecular weight is 311 g/mol. The fourth-order valence-electron chi connectivity index (χ4n) is 1.51. The fraction of sp³-hybridized carbons (Fsp3) is 0.833. The van der Waals surface area contributed by atoms with Gasteiger partial charge in [0.05, 0.1) is 6.54 Å². The second-order valence-electron chi connectivity index (χ2n) is 5.61. The summed E-state index contributed by atoms with van der Waals surface area (Å²) < 4.78 is 36.7. The van der Waals surface area contributed by atoms with Crippen LogP contribution in [-0.4, -0.2) is 47.6 Å². The lowest BCUT2D eigenvalue weighted by Gasteiger charge is -2.27. The lowest BCUT2D eigenvalue weighted by Crippen LogP contribution is -2.54. The van der Waals surface area contributed by atoms with Gasteiger partial charge in [-0.15, -0.1) is 0 Å². The van der Waals surface area contributed by atoms with Crippen LogP contribution in [0.5, 0.6) is 0 Å². The zero-order valence-corrected chi connectivity index (χ0v) is 12.6. The predicted octanol–water partition coefficient (Wildman–Crippen LogP) is 1.22. The Balaban J connectivity index is 4.74. The van der Waals surface area contributed by atoms with Crippen molar-refractivity contribution in [1.82, 2.24) is 21.3 Å². The molecule has 0 saturated heterocycles. The highest BCUT2D eigenvalue weighted by Crippen LogP contribution is 2.14. The maximum absolute atomic E-state index is 12.2. The number of carbonyl (C=O) groups excluding carboxylic acids is 2. The highest BCUT2D eigenvalue weighted by molar-refractivity contribution is 5.86. The quantitative estimate of drug-likeness (QED) is 0.749. The van der Waals surface area contributed by atoms with Crippen molar-refractivity contribution in [3.63, 3.8) is 0 Å². The van der Waals surface area contributed by atoms with Gasteiger partial charge in [0.15, 0.2) is 0 Å². The summed E-state index contributed by atoms with van der Waals surface area (Å²) in [4.78, 5) is 22.8. The van der Waals surface area contributed by atoms with Crippen LogP contribution >= 0.6 is 0 Å². The molecule has 0 aromatic carbocycles. The van der Waals surface area contributed by atoms with Crippen LogP contribution in [0.3, 0.4) is 0 Å². The second-order valence-corrected chi connectivity index (χ2v) is 5.61. The van der Waals surface area contributed by atoms with Crippen molar-refractivity contribution >= 4 is 11.8 Å². The molecule has 0 bridgehead atoms. The van der Waals surface area contributed by atoms with E-state index in [1.165, 1.54) is 0 Å². The van der Waals surface area contributed by atoms with E-state index in [9.17, 15) is 22.8 Å². The van der Waals surface area contributed by atoms with Crippen LogP contribution in [0.15, 0.2) is 0 Å². The first-order valence-electron chi connectivity index (χ1n) is 6.57. The van der Waals surface area contributed by atoms with Crippen LogP contribution in [0.25, 0.3) is 0 Å². The van der Waals surface area contributed by atoms with Crippen molar-refractivity contribution in [2.24, 2.45) is 11.8 Å². The molecule has 0 aromatic rings. The zero-order valence-electron chi connectivity index (χ0n) is 12.6. The average Bonchev–Trinajstić information content (AvgIpc) is 2.24. The summed E-state index contributed by atoms with van der Waals surface area (Å²) in [5.41, 5.74) is 1.56. The molecule has 0 aromatic heterocycles. The van der Waals surface area contributed by atoms with Gasteiger partial charge in [-0.1, -0.05) is 27.7 Å². The van der Waals surface area contributed by atoms with E-state index in [1.54, 1.807) is 19.3 Å². The molecule has 2 N–H and O–H groups in total. The van der Waals surface area contributed by atoms with Crippen LogP contribution in [0, 0.1) is 11.8 Å². The van der Waals surface area contributed by atoms with Crippen molar-refractivity contribution < 1.29 is 22.8 Å². The molecule has 0 heterocycles. The summed E-state index contributed by atoms with van der Waals surface area (Å²) in [5.74, 6) is 4.62. The molecule has 123 valence electrons. The monoisotopic (exact) mass is 311 g/mol. The van der Waals surface area contributed by atoms with Gasteiger partial charge in [-0.05, 0) is 11.8 Å². The van der Waals surface area contributed by atoms with E-state index in [1.807, 2.05) is 13.8 Å². The summed E-state index contributed by atoms with van der Waals surface area (Å²) in [5, 5.41) is 1.59. The third-order valence-electron chi connectivity index (χ3n) is 2.25. The first-order valence-corrected chi connectivity index (χ1v) is 6.57. The normalized spacial score (nSPS) is 12.1. The third kappa shape index (κ3) is 8.51. The molecule has 0 aliphatic rings. The minimum Gasteiger partial charge on any atom is -0.271 e. The third-order valence-corrected chi connectivity index (χ3v) is 2.25. The van der Waals surface area contributed by atoms with Crippen molar-refractivity contribution in [3.05, 3.63) is 0 Å². The largest absolute Gasteiger partial charge is 0.472 e. The lowest BCUT2D eigenvalue weighted by molar-refractivity contribution is -0.180. The smallest absolute Gasteiger partial charge is 0.271 e. The van der Waals surface area contributed by atoms with E-state index in [0.29, 0.717) is 11.6 Å². The highest BCUT2D eigenvalue weighted by Gasteiger charge is 2.40. The van der Waals surface area contributed by atoms with Gasteiger partial charge in [0.2, 0.25) is 0 Å². The van der Waals surface area contributed by atoms with Gasteiger partial charge in [0.25, 0.3) is 5.91 Å². The van der Waals surface area contributed by atoms with E-state index < -0.39 is 18.0 Å². The van der Waals surface area contributed by atoms with Crippen molar-refractivity contribution in [1.29, 1.82) is 0 Å². The summed E-state index contributed by atoms with van der Waals surface area (Å²) in [7, 11) is 0. The topological polar surface area (TPSA) is 76.5 Å². The first-order chi connectivity index (χ1) is 9.43. The van der Waals surface area contributed by atoms with Crippen LogP contribution in [0.1, 0.15) is 27.7 Å². The molecule has 0 spiro atoms. The van der Waals surface area contributed by atoms with Crippen LogP contribution < -0.4 is 11.3 Å². The molecule has 0 saturated carbocycles. The Labute approximate surface area is 122 Å². The number of nitrogens with zero attached hydrogens (tertiary/aromatic N) is 2. The van der Waals surface area contributed by atoms with Crippen molar-refractivity contribution in [3.8, 4) is 0 Å². The van der Waals surface area contributed by atoms with E-state index >= 15 is 0 Å². The summed E-state index contributed by atoms with van der Waals surface area (Å²) >= 11 is 0. The number of amides is 2. The Hall–Kier alpha value is -1.35. The van der Waals surface area contributed by atoms with Gasteiger partial charge in [-0.3, -0.25) is 20.0 Å². The number of hydrazine groups is 1. The van der Waals surface area contributed by atoms with Crippen LogP contribution in [0.4, 0.5) is 13.2 Å².